The Balaban J connectivity index is 1.65. The first-order valence-corrected chi connectivity index (χ1v) is 7.20. The fraction of sp³-hybridized carbons (Fsp3) is 0. The van der Waals surface area contributed by atoms with Crippen LogP contribution < -0.4 is 5.43 Å². The van der Waals surface area contributed by atoms with Crippen molar-refractivity contribution in [3.8, 4) is 11.5 Å². The predicted octanol–water partition coefficient (Wildman–Crippen LogP) is 3.20. The van der Waals surface area contributed by atoms with E-state index in [4.69, 9.17) is 4.42 Å². The molecule has 3 rings (SSSR count). The van der Waals surface area contributed by atoms with E-state index in [2.05, 4.69) is 36.7 Å². The smallest absolute Gasteiger partial charge is 0.291 e. The van der Waals surface area contributed by atoms with Crippen LogP contribution in [0.1, 0.15) is 16.1 Å². The first-order valence-electron chi connectivity index (χ1n) is 6.40. The van der Waals surface area contributed by atoms with Crippen molar-refractivity contribution >= 4 is 28.1 Å². The topological polar surface area (TPSA) is 83.3 Å². The number of benzene rings is 1. The van der Waals surface area contributed by atoms with Crippen LogP contribution in [0, 0.1) is 0 Å². The molecular formula is C15H11BrN4O2. The van der Waals surface area contributed by atoms with Gasteiger partial charge in [0.2, 0.25) is 0 Å². The number of furan rings is 1. The second-order valence-corrected chi connectivity index (χ2v) is 5.31. The van der Waals surface area contributed by atoms with Crippen LogP contribution in [0.4, 0.5) is 0 Å². The molecule has 0 aliphatic heterocycles. The molecule has 0 radical (unpaired) electrons. The van der Waals surface area contributed by atoms with Crippen LogP contribution in [-0.4, -0.2) is 22.3 Å². The third-order valence-electron chi connectivity index (χ3n) is 2.83. The minimum absolute atomic E-state index is 0.234. The van der Waals surface area contributed by atoms with Crippen molar-refractivity contribution in [1.29, 1.82) is 0 Å². The Labute approximate surface area is 134 Å². The minimum Gasteiger partial charge on any atom is -0.463 e. The van der Waals surface area contributed by atoms with Crippen molar-refractivity contribution in [2.75, 3.05) is 0 Å². The molecule has 6 nitrogen and oxygen atoms in total. The van der Waals surface area contributed by atoms with E-state index in [0.29, 0.717) is 11.5 Å². The monoisotopic (exact) mass is 358 g/mol. The van der Waals surface area contributed by atoms with Gasteiger partial charge in [0.25, 0.3) is 5.91 Å². The summed E-state index contributed by atoms with van der Waals surface area (Å²) in [6.45, 7) is 0. The lowest BCUT2D eigenvalue weighted by atomic mass is 10.2. The molecule has 1 amide bonds. The lowest BCUT2D eigenvalue weighted by molar-refractivity contribution is 0.0950. The molecule has 0 aliphatic rings. The molecule has 0 unspecified atom stereocenters. The number of nitrogens with zero attached hydrogens (tertiary/aromatic N) is 2. The van der Waals surface area contributed by atoms with Gasteiger partial charge in [-0.05, 0) is 29.8 Å². The van der Waals surface area contributed by atoms with Gasteiger partial charge in [0, 0.05) is 10.5 Å². The Bertz CT molecular complexity index is 809. The van der Waals surface area contributed by atoms with E-state index in [1.54, 1.807) is 30.7 Å². The molecule has 2 heterocycles. The van der Waals surface area contributed by atoms with Gasteiger partial charge in [0.15, 0.2) is 11.5 Å². The number of nitrogens with one attached hydrogen (secondary N) is 2. The van der Waals surface area contributed by atoms with E-state index in [9.17, 15) is 4.79 Å². The Hall–Kier alpha value is -2.67. The second-order valence-electron chi connectivity index (χ2n) is 4.40. The van der Waals surface area contributed by atoms with Crippen molar-refractivity contribution in [3.63, 3.8) is 0 Å². The summed E-state index contributed by atoms with van der Waals surface area (Å²) in [6.07, 6.45) is 3.11. The molecular weight excluding hydrogens is 348 g/mol. The van der Waals surface area contributed by atoms with Gasteiger partial charge in [-0.2, -0.15) is 10.2 Å². The van der Waals surface area contributed by atoms with E-state index in [1.807, 2.05) is 24.3 Å². The number of carbonyl (C=O) groups excluding carboxylic acids is 1. The number of aromatic amines is 1. The third kappa shape index (κ3) is 3.32. The highest BCUT2D eigenvalue weighted by molar-refractivity contribution is 9.10. The zero-order valence-corrected chi connectivity index (χ0v) is 12.9. The number of H-pyrrole nitrogens is 1. The summed E-state index contributed by atoms with van der Waals surface area (Å²) >= 11 is 3.37. The van der Waals surface area contributed by atoms with E-state index < -0.39 is 5.91 Å². The number of rotatable bonds is 4. The first-order chi connectivity index (χ1) is 10.7. The lowest BCUT2D eigenvalue weighted by Crippen LogP contribution is -2.17. The van der Waals surface area contributed by atoms with Gasteiger partial charge in [-0.15, -0.1) is 0 Å². The summed E-state index contributed by atoms with van der Waals surface area (Å²) in [4.78, 5) is 11.9. The molecule has 0 spiro atoms. The number of aromatic nitrogens is 2. The molecule has 0 saturated heterocycles. The molecule has 7 heteroatoms. The Morgan fingerprint density at radius 1 is 1.32 bits per heavy atom. The van der Waals surface area contributed by atoms with Gasteiger partial charge in [-0.25, -0.2) is 5.43 Å². The SMILES string of the molecule is O=C(N/N=C\c1cccc(Br)c1)c1cc(-c2ccco2)[nH]n1. The molecule has 0 atom stereocenters. The van der Waals surface area contributed by atoms with Crippen LogP contribution in [0.2, 0.25) is 0 Å². The molecule has 3 aromatic rings. The van der Waals surface area contributed by atoms with Crippen LogP contribution in [0.25, 0.3) is 11.5 Å². The van der Waals surface area contributed by atoms with Crippen molar-refractivity contribution in [1.82, 2.24) is 15.6 Å². The van der Waals surface area contributed by atoms with Gasteiger partial charge < -0.3 is 4.42 Å². The van der Waals surface area contributed by atoms with Crippen molar-refractivity contribution < 1.29 is 9.21 Å². The highest BCUT2D eigenvalue weighted by Crippen LogP contribution is 2.17. The number of carbonyl (C=O) groups is 1. The van der Waals surface area contributed by atoms with Gasteiger partial charge in [0.05, 0.1) is 12.5 Å². The summed E-state index contributed by atoms with van der Waals surface area (Å²) in [6, 6.07) is 12.7. The summed E-state index contributed by atoms with van der Waals surface area (Å²) in [5.41, 5.74) is 4.16. The van der Waals surface area contributed by atoms with Crippen LogP contribution in [0.3, 0.4) is 0 Å². The highest BCUT2D eigenvalue weighted by atomic mass is 79.9. The largest absolute Gasteiger partial charge is 0.463 e. The molecule has 0 bridgehead atoms. The minimum atomic E-state index is -0.402. The maximum Gasteiger partial charge on any atom is 0.291 e. The summed E-state index contributed by atoms with van der Waals surface area (Å²) in [5, 5.41) is 10.6. The van der Waals surface area contributed by atoms with Crippen LogP contribution in [-0.2, 0) is 0 Å². The highest BCUT2D eigenvalue weighted by Gasteiger charge is 2.11. The molecule has 0 aliphatic carbocycles. The number of hydrazone groups is 1. The number of amides is 1. The number of halogens is 1. The van der Waals surface area contributed by atoms with Gasteiger partial charge in [-0.3, -0.25) is 9.89 Å². The molecule has 1 aromatic carbocycles. The van der Waals surface area contributed by atoms with Crippen molar-refractivity contribution in [2.45, 2.75) is 0 Å². The average molecular weight is 359 g/mol. The fourth-order valence-corrected chi connectivity index (χ4v) is 2.22. The zero-order chi connectivity index (χ0) is 15.4. The standard InChI is InChI=1S/C15H11BrN4O2/c16-11-4-1-3-10(7-11)9-17-20-15(21)13-8-12(18-19-13)14-5-2-6-22-14/h1-9H,(H,18,19)(H,20,21)/b17-9-. The Kier molecular flexibility index (Phi) is 4.15. The molecule has 0 fully saturated rings. The first kappa shape index (κ1) is 14.3. The number of hydrogen-bond acceptors (Lipinski definition) is 4. The normalized spacial score (nSPS) is 11.0. The van der Waals surface area contributed by atoms with Gasteiger partial charge >= 0.3 is 0 Å². The lowest BCUT2D eigenvalue weighted by Gasteiger charge is -1.96. The van der Waals surface area contributed by atoms with Gasteiger partial charge in [0.1, 0.15) is 5.69 Å². The van der Waals surface area contributed by atoms with Crippen LogP contribution >= 0.6 is 15.9 Å². The summed E-state index contributed by atoms with van der Waals surface area (Å²) < 4.78 is 6.17. The quantitative estimate of drug-likeness (QED) is 0.554. The zero-order valence-electron chi connectivity index (χ0n) is 11.3. The van der Waals surface area contributed by atoms with Crippen molar-refractivity contribution in [2.24, 2.45) is 5.10 Å². The molecule has 0 saturated carbocycles. The van der Waals surface area contributed by atoms with Crippen molar-refractivity contribution in [3.05, 3.63) is 64.5 Å². The van der Waals surface area contributed by atoms with Crippen LogP contribution in [0.5, 0.6) is 0 Å². The van der Waals surface area contributed by atoms with E-state index in [0.717, 1.165) is 10.0 Å². The Morgan fingerprint density at radius 2 is 2.23 bits per heavy atom. The van der Waals surface area contributed by atoms with Gasteiger partial charge in [-0.1, -0.05) is 28.1 Å². The predicted molar refractivity (Wildman–Crippen MR) is 85.5 cm³/mol. The van der Waals surface area contributed by atoms with Crippen LogP contribution in [0.15, 0.2) is 62.7 Å². The summed E-state index contributed by atoms with van der Waals surface area (Å²) in [5.74, 6) is 0.212. The molecule has 110 valence electrons. The Morgan fingerprint density at radius 3 is 3.00 bits per heavy atom. The molecule has 2 N–H and O–H groups in total. The molecule has 22 heavy (non-hydrogen) atoms. The summed E-state index contributed by atoms with van der Waals surface area (Å²) in [7, 11) is 0. The van der Waals surface area contributed by atoms with E-state index in [1.165, 1.54) is 0 Å². The number of hydrogen-bond donors (Lipinski definition) is 2. The van der Waals surface area contributed by atoms with E-state index in [-0.39, 0.29) is 5.69 Å². The third-order valence-corrected chi connectivity index (χ3v) is 3.32. The van der Waals surface area contributed by atoms with E-state index >= 15 is 0 Å². The maximum absolute atomic E-state index is 11.9. The fourth-order valence-electron chi connectivity index (χ4n) is 1.81. The maximum atomic E-state index is 11.9. The molecule has 2 aromatic heterocycles. The average Bonchev–Trinajstić information content (AvgIpc) is 3.18. The second kappa shape index (κ2) is 6.40.